The van der Waals surface area contributed by atoms with E-state index in [0.29, 0.717) is 18.0 Å². The minimum Gasteiger partial charge on any atom is -0.376 e. The van der Waals surface area contributed by atoms with Gasteiger partial charge in [-0.05, 0) is 29.3 Å². The molecule has 0 aromatic heterocycles. The van der Waals surface area contributed by atoms with E-state index >= 15 is 0 Å². The Bertz CT molecular complexity index is 912. The number of fused-ring (bicyclic) bond motifs is 1. The molecule has 0 aliphatic carbocycles. The van der Waals surface area contributed by atoms with Crippen molar-refractivity contribution in [1.29, 1.82) is 0 Å². The summed E-state index contributed by atoms with van der Waals surface area (Å²) >= 11 is 6.22. The normalized spacial score (nSPS) is 16.6. The standard InChI is InChI=1S/C22H19ClN2O/c23-18-11-12-21-20(13-18)24-19(17-9-5-2-6-10-17)14-22(26)25(21)15-16-7-3-1-4-8-16/h1-13,19,24H,14-15H2. The first-order valence-corrected chi connectivity index (χ1v) is 9.04. The fourth-order valence-corrected chi connectivity index (χ4v) is 3.52. The molecular weight excluding hydrogens is 344 g/mol. The number of nitrogens with one attached hydrogen (secondary N) is 1. The lowest BCUT2D eigenvalue weighted by atomic mass is 10.0. The Morgan fingerprint density at radius 3 is 2.38 bits per heavy atom. The zero-order valence-electron chi connectivity index (χ0n) is 14.2. The third kappa shape index (κ3) is 3.44. The first kappa shape index (κ1) is 16.7. The predicted octanol–water partition coefficient (Wildman–Crippen LogP) is 5.43. The molecule has 130 valence electrons. The van der Waals surface area contributed by atoms with Crippen LogP contribution in [0.15, 0.2) is 78.9 Å². The largest absolute Gasteiger partial charge is 0.376 e. The van der Waals surface area contributed by atoms with Gasteiger partial charge in [-0.2, -0.15) is 0 Å². The van der Waals surface area contributed by atoms with E-state index in [2.05, 4.69) is 5.32 Å². The van der Waals surface area contributed by atoms with Crippen molar-refractivity contribution in [3.8, 4) is 0 Å². The molecule has 0 fully saturated rings. The number of carbonyl (C=O) groups is 1. The molecule has 0 spiro atoms. The lowest BCUT2D eigenvalue weighted by molar-refractivity contribution is -0.118. The fourth-order valence-electron chi connectivity index (χ4n) is 3.34. The van der Waals surface area contributed by atoms with Crippen LogP contribution in [0.4, 0.5) is 11.4 Å². The molecule has 0 saturated carbocycles. The summed E-state index contributed by atoms with van der Waals surface area (Å²) in [4.78, 5) is 14.9. The minimum atomic E-state index is -0.0818. The molecule has 1 aliphatic rings. The number of nitrogens with zero attached hydrogens (tertiary/aromatic N) is 1. The Morgan fingerprint density at radius 1 is 0.962 bits per heavy atom. The SMILES string of the molecule is O=C1CC(c2ccccc2)Nc2cc(Cl)ccc2N1Cc1ccccc1. The number of rotatable bonds is 3. The van der Waals surface area contributed by atoms with Crippen LogP contribution in [-0.4, -0.2) is 5.91 Å². The predicted molar refractivity (Wildman–Crippen MR) is 107 cm³/mol. The lowest BCUT2D eigenvalue weighted by Crippen LogP contribution is -2.30. The zero-order chi connectivity index (χ0) is 17.9. The molecule has 3 nitrogen and oxygen atoms in total. The van der Waals surface area contributed by atoms with Crippen molar-refractivity contribution >= 4 is 28.9 Å². The summed E-state index contributed by atoms with van der Waals surface area (Å²) in [5, 5.41) is 4.17. The Balaban J connectivity index is 1.74. The summed E-state index contributed by atoms with van der Waals surface area (Å²) in [5.41, 5.74) is 3.93. The van der Waals surface area contributed by atoms with Gasteiger partial charge in [-0.15, -0.1) is 0 Å². The van der Waals surface area contributed by atoms with Gasteiger partial charge in [0.25, 0.3) is 0 Å². The van der Waals surface area contributed by atoms with E-state index in [0.717, 1.165) is 22.5 Å². The molecule has 0 saturated heterocycles. The van der Waals surface area contributed by atoms with Crippen LogP contribution in [0.3, 0.4) is 0 Å². The Labute approximate surface area is 158 Å². The number of halogens is 1. The number of hydrogen-bond donors (Lipinski definition) is 1. The van der Waals surface area contributed by atoms with Crippen molar-refractivity contribution in [1.82, 2.24) is 0 Å². The van der Waals surface area contributed by atoms with Crippen molar-refractivity contribution in [2.24, 2.45) is 0 Å². The minimum absolute atomic E-state index is 0.0818. The van der Waals surface area contributed by atoms with Gasteiger partial charge >= 0.3 is 0 Å². The van der Waals surface area contributed by atoms with Gasteiger partial charge < -0.3 is 10.2 Å². The molecule has 26 heavy (non-hydrogen) atoms. The van der Waals surface area contributed by atoms with Crippen molar-refractivity contribution in [2.75, 3.05) is 10.2 Å². The van der Waals surface area contributed by atoms with E-state index in [1.54, 1.807) is 0 Å². The van der Waals surface area contributed by atoms with Crippen molar-refractivity contribution in [3.05, 3.63) is 95.0 Å². The Morgan fingerprint density at radius 2 is 1.65 bits per heavy atom. The van der Waals surface area contributed by atoms with Crippen molar-refractivity contribution < 1.29 is 4.79 Å². The second-order valence-corrected chi connectivity index (χ2v) is 6.88. The Kier molecular flexibility index (Phi) is 4.63. The van der Waals surface area contributed by atoms with E-state index in [1.807, 2.05) is 83.8 Å². The van der Waals surface area contributed by atoms with Gasteiger partial charge in [0, 0.05) is 5.02 Å². The molecule has 0 bridgehead atoms. The van der Waals surface area contributed by atoms with Gasteiger partial charge in [-0.1, -0.05) is 72.3 Å². The van der Waals surface area contributed by atoms with Crippen LogP contribution in [0.1, 0.15) is 23.6 Å². The number of amides is 1. The first-order valence-electron chi connectivity index (χ1n) is 8.66. The monoisotopic (exact) mass is 362 g/mol. The quantitative estimate of drug-likeness (QED) is 0.673. The molecule has 1 N–H and O–H groups in total. The van der Waals surface area contributed by atoms with Crippen LogP contribution in [-0.2, 0) is 11.3 Å². The van der Waals surface area contributed by atoms with Crippen LogP contribution in [0.25, 0.3) is 0 Å². The van der Waals surface area contributed by atoms with E-state index in [1.165, 1.54) is 0 Å². The molecule has 1 atom stereocenters. The average molecular weight is 363 g/mol. The molecule has 4 rings (SSSR count). The highest BCUT2D eigenvalue weighted by molar-refractivity contribution is 6.31. The summed E-state index contributed by atoms with van der Waals surface area (Å²) in [6.45, 7) is 0.539. The zero-order valence-corrected chi connectivity index (χ0v) is 15.0. The van der Waals surface area contributed by atoms with Gasteiger partial charge in [-0.25, -0.2) is 0 Å². The summed E-state index contributed by atoms with van der Waals surface area (Å²) in [6, 6.07) is 25.6. The maximum atomic E-state index is 13.1. The maximum absolute atomic E-state index is 13.1. The fraction of sp³-hybridized carbons (Fsp3) is 0.136. The van der Waals surface area contributed by atoms with Crippen LogP contribution >= 0.6 is 11.6 Å². The van der Waals surface area contributed by atoms with Gasteiger partial charge in [-0.3, -0.25) is 4.79 Å². The van der Waals surface area contributed by atoms with Crippen LogP contribution in [0.2, 0.25) is 5.02 Å². The lowest BCUT2D eigenvalue weighted by Gasteiger charge is -2.22. The van der Waals surface area contributed by atoms with Crippen molar-refractivity contribution in [2.45, 2.75) is 19.0 Å². The molecule has 1 aliphatic heterocycles. The Hall–Kier alpha value is -2.78. The van der Waals surface area contributed by atoms with Crippen LogP contribution in [0.5, 0.6) is 0 Å². The van der Waals surface area contributed by atoms with E-state index < -0.39 is 0 Å². The summed E-state index contributed by atoms with van der Waals surface area (Å²) in [6.07, 6.45) is 0.392. The van der Waals surface area contributed by atoms with Crippen LogP contribution < -0.4 is 10.2 Å². The second-order valence-electron chi connectivity index (χ2n) is 6.44. The third-order valence-electron chi connectivity index (χ3n) is 4.64. The highest BCUT2D eigenvalue weighted by atomic mass is 35.5. The van der Waals surface area contributed by atoms with Gasteiger partial charge in [0.15, 0.2) is 0 Å². The maximum Gasteiger partial charge on any atom is 0.229 e. The van der Waals surface area contributed by atoms with E-state index in [4.69, 9.17) is 11.6 Å². The molecule has 3 aromatic rings. The van der Waals surface area contributed by atoms with Crippen molar-refractivity contribution in [3.63, 3.8) is 0 Å². The molecule has 1 unspecified atom stereocenters. The number of carbonyl (C=O) groups excluding carboxylic acids is 1. The highest BCUT2D eigenvalue weighted by Crippen LogP contribution is 2.37. The number of anilines is 2. The van der Waals surface area contributed by atoms with Crippen LogP contribution in [0, 0.1) is 0 Å². The van der Waals surface area contributed by atoms with E-state index in [-0.39, 0.29) is 11.9 Å². The van der Waals surface area contributed by atoms with Gasteiger partial charge in [0.1, 0.15) is 0 Å². The first-order chi connectivity index (χ1) is 12.7. The van der Waals surface area contributed by atoms with Gasteiger partial charge in [0.05, 0.1) is 30.4 Å². The highest BCUT2D eigenvalue weighted by Gasteiger charge is 2.28. The molecular formula is C22H19ClN2O. The van der Waals surface area contributed by atoms with E-state index in [9.17, 15) is 4.79 Å². The average Bonchev–Trinajstić information content (AvgIpc) is 2.80. The molecule has 1 amide bonds. The topological polar surface area (TPSA) is 32.3 Å². The smallest absolute Gasteiger partial charge is 0.229 e. The number of hydrogen-bond acceptors (Lipinski definition) is 2. The molecule has 1 heterocycles. The number of benzene rings is 3. The second kappa shape index (κ2) is 7.22. The summed E-state index contributed by atoms with van der Waals surface area (Å²) in [5.74, 6) is 0.0938. The molecule has 0 radical (unpaired) electrons. The summed E-state index contributed by atoms with van der Waals surface area (Å²) in [7, 11) is 0. The molecule has 3 aromatic carbocycles. The molecule has 4 heteroatoms. The summed E-state index contributed by atoms with van der Waals surface area (Å²) < 4.78 is 0. The van der Waals surface area contributed by atoms with Gasteiger partial charge in [0.2, 0.25) is 5.91 Å². The third-order valence-corrected chi connectivity index (χ3v) is 4.88.